The highest BCUT2D eigenvalue weighted by molar-refractivity contribution is 9.10. The molecular formula is C11H8BrN3. The van der Waals surface area contributed by atoms with E-state index in [9.17, 15) is 0 Å². The van der Waals surface area contributed by atoms with Crippen molar-refractivity contribution in [2.45, 2.75) is 6.92 Å². The fraction of sp³-hybridized carbons (Fsp3) is 0.0909. The maximum Gasteiger partial charge on any atom is 0.229 e. The third kappa shape index (κ3) is 1.79. The van der Waals surface area contributed by atoms with Crippen LogP contribution in [0.4, 0.5) is 5.69 Å². The first-order valence-electron chi connectivity index (χ1n) is 4.39. The first-order chi connectivity index (χ1) is 7.22. The summed E-state index contributed by atoms with van der Waals surface area (Å²) in [5.41, 5.74) is 1.61. The smallest absolute Gasteiger partial charge is 0.229 e. The first-order valence-corrected chi connectivity index (χ1v) is 5.19. The summed E-state index contributed by atoms with van der Waals surface area (Å²) in [5, 5.41) is 0. The molecule has 0 unspecified atom stereocenters. The summed E-state index contributed by atoms with van der Waals surface area (Å²) in [6, 6.07) is 5.52. The molecule has 74 valence electrons. The second-order valence-electron chi connectivity index (χ2n) is 3.13. The third-order valence-electron chi connectivity index (χ3n) is 2.09. The Hall–Kier alpha value is -1.60. The third-order valence-corrected chi connectivity index (χ3v) is 2.53. The minimum Gasteiger partial charge on any atom is -0.313 e. The second kappa shape index (κ2) is 3.87. The molecule has 0 N–H and O–H groups in total. The molecule has 0 saturated carbocycles. The number of aryl methyl sites for hydroxylation is 1. The summed E-state index contributed by atoms with van der Waals surface area (Å²) in [4.78, 5) is 7.67. The number of pyridine rings is 1. The van der Waals surface area contributed by atoms with E-state index in [1.165, 1.54) is 0 Å². The van der Waals surface area contributed by atoms with Crippen LogP contribution in [0, 0.1) is 13.5 Å². The van der Waals surface area contributed by atoms with Crippen LogP contribution in [0.3, 0.4) is 0 Å². The summed E-state index contributed by atoms with van der Waals surface area (Å²) < 4.78 is 2.89. The normalized spacial score (nSPS) is 9.93. The minimum atomic E-state index is 0.559. The number of aromatic nitrogens is 2. The van der Waals surface area contributed by atoms with E-state index in [-0.39, 0.29) is 0 Å². The number of hydrogen-bond acceptors (Lipinski definition) is 1. The Morgan fingerprint density at radius 3 is 2.93 bits per heavy atom. The van der Waals surface area contributed by atoms with Crippen LogP contribution in [-0.4, -0.2) is 9.55 Å². The Labute approximate surface area is 96.3 Å². The van der Waals surface area contributed by atoms with Gasteiger partial charge in [0, 0.05) is 22.6 Å². The molecule has 2 aromatic rings. The van der Waals surface area contributed by atoms with E-state index in [1.807, 2.05) is 23.8 Å². The van der Waals surface area contributed by atoms with Gasteiger partial charge in [-0.2, -0.15) is 0 Å². The largest absolute Gasteiger partial charge is 0.313 e. The Morgan fingerprint density at radius 2 is 2.33 bits per heavy atom. The van der Waals surface area contributed by atoms with Crippen molar-refractivity contribution < 1.29 is 0 Å². The summed E-state index contributed by atoms with van der Waals surface area (Å²) in [7, 11) is 0. The first kappa shape index (κ1) is 9.94. The van der Waals surface area contributed by atoms with Crippen LogP contribution in [0.2, 0.25) is 0 Å². The van der Waals surface area contributed by atoms with E-state index in [1.54, 1.807) is 18.3 Å². The molecule has 0 aliphatic carbocycles. The molecular weight excluding hydrogens is 254 g/mol. The summed E-state index contributed by atoms with van der Waals surface area (Å²) in [6.07, 6.45) is 3.60. The summed E-state index contributed by atoms with van der Waals surface area (Å²) in [5.74, 6) is 0.677. The molecule has 0 aromatic carbocycles. The van der Waals surface area contributed by atoms with Crippen LogP contribution < -0.4 is 0 Å². The number of halogens is 1. The van der Waals surface area contributed by atoms with Gasteiger partial charge in [-0.3, -0.25) is 4.98 Å². The number of nitrogens with zero attached hydrogens (tertiary/aromatic N) is 3. The Bertz CT molecular complexity index is 537. The van der Waals surface area contributed by atoms with Crippen LogP contribution in [-0.2, 0) is 0 Å². The predicted octanol–water partition coefficient (Wildman–Crippen LogP) is 3.49. The van der Waals surface area contributed by atoms with E-state index in [2.05, 4.69) is 25.8 Å². The van der Waals surface area contributed by atoms with Crippen molar-refractivity contribution in [3.8, 4) is 5.82 Å². The van der Waals surface area contributed by atoms with Gasteiger partial charge in [-0.25, -0.2) is 4.85 Å². The average molecular weight is 262 g/mol. The maximum atomic E-state index is 7.07. The highest BCUT2D eigenvalue weighted by Crippen LogP contribution is 2.24. The number of rotatable bonds is 1. The highest BCUT2D eigenvalue weighted by Gasteiger charge is 2.08. The van der Waals surface area contributed by atoms with E-state index in [0.29, 0.717) is 11.5 Å². The lowest BCUT2D eigenvalue weighted by atomic mass is 10.4. The molecule has 2 aromatic heterocycles. The van der Waals surface area contributed by atoms with Gasteiger partial charge in [-0.05, 0) is 28.9 Å². The van der Waals surface area contributed by atoms with Crippen LogP contribution in [0.1, 0.15) is 5.69 Å². The molecule has 0 bridgehead atoms. The van der Waals surface area contributed by atoms with Gasteiger partial charge >= 0.3 is 0 Å². The fourth-order valence-electron chi connectivity index (χ4n) is 1.42. The van der Waals surface area contributed by atoms with Crippen LogP contribution >= 0.6 is 15.9 Å². The quantitative estimate of drug-likeness (QED) is 0.721. The molecule has 0 spiro atoms. The Kier molecular flexibility index (Phi) is 2.57. The molecule has 0 amide bonds. The number of hydrogen-bond donors (Lipinski definition) is 0. The van der Waals surface area contributed by atoms with Gasteiger partial charge in [-0.1, -0.05) is 12.1 Å². The van der Waals surface area contributed by atoms with Crippen molar-refractivity contribution in [2.75, 3.05) is 0 Å². The monoisotopic (exact) mass is 261 g/mol. The molecule has 2 heterocycles. The molecule has 15 heavy (non-hydrogen) atoms. The van der Waals surface area contributed by atoms with Crippen LogP contribution in [0.15, 0.2) is 35.1 Å². The lowest BCUT2D eigenvalue weighted by Gasteiger charge is -2.06. The molecule has 0 aliphatic heterocycles. The highest BCUT2D eigenvalue weighted by atomic mass is 79.9. The SMILES string of the molecule is [C-]#[N+]c1cccnc1-n1cc(Br)cc1C. The van der Waals surface area contributed by atoms with E-state index in [0.717, 1.165) is 10.2 Å². The molecule has 0 fully saturated rings. The molecule has 4 heteroatoms. The molecule has 2 rings (SSSR count). The van der Waals surface area contributed by atoms with Gasteiger partial charge in [0.25, 0.3) is 0 Å². The van der Waals surface area contributed by atoms with Gasteiger partial charge in [0.05, 0.1) is 6.57 Å². The van der Waals surface area contributed by atoms with Crippen molar-refractivity contribution in [3.05, 3.63) is 52.2 Å². The van der Waals surface area contributed by atoms with Gasteiger partial charge in [0.15, 0.2) is 0 Å². The van der Waals surface area contributed by atoms with Crippen LogP contribution in [0.5, 0.6) is 0 Å². The van der Waals surface area contributed by atoms with Crippen LogP contribution in [0.25, 0.3) is 10.7 Å². The molecule has 0 atom stereocenters. The topological polar surface area (TPSA) is 22.2 Å². The van der Waals surface area contributed by atoms with Crippen molar-refractivity contribution in [1.29, 1.82) is 0 Å². The van der Waals surface area contributed by atoms with Crippen molar-refractivity contribution >= 4 is 21.6 Å². The molecule has 3 nitrogen and oxygen atoms in total. The standard InChI is InChI=1S/C11H8BrN3/c1-8-6-9(12)7-15(8)11-10(13-2)4-3-5-14-11/h3-7H,1H3. The zero-order valence-electron chi connectivity index (χ0n) is 8.11. The summed E-state index contributed by atoms with van der Waals surface area (Å²) >= 11 is 3.40. The molecule has 0 aliphatic rings. The van der Waals surface area contributed by atoms with Gasteiger partial charge in [0.2, 0.25) is 5.69 Å². The zero-order chi connectivity index (χ0) is 10.8. The van der Waals surface area contributed by atoms with E-state index < -0.39 is 0 Å². The lowest BCUT2D eigenvalue weighted by molar-refractivity contribution is 0.966. The maximum absolute atomic E-state index is 7.07. The van der Waals surface area contributed by atoms with Gasteiger partial charge in [-0.15, -0.1) is 0 Å². The van der Waals surface area contributed by atoms with Gasteiger partial charge < -0.3 is 4.57 Å². The molecule has 0 saturated heterocycles. The summed E-state index contributed by atoms with van der Waals surface area (Å²) in [6.45, 7) is 9.05. The van der Waals surface area contributed by atoms with E-state index in [4.69, 9.17) is 6.57 Å². The van der Waals surface area contributed by atoms with Crippen molar-refractivity contribution in [1.82, 2.24) is 9.55 Å². The Balaban J connectivity index is 2.64. The second-order valence-corrected chi connectivity index (χ2v) is 4.04. The lowest BCUT2D eigenvalue weighted by Crippen LogP contribution is -1.97. The van der Waals surface area contributed by atoms with E-state index >= 15 is 0 Å². The van der Waals surface area contributed by atoms with Crippen molar-refractivity contribution in [2.24, 2.45) is 0 Å². The Morgan fingerprint density at radius 1 is 1.53 bits per heavy atom. The van der Waals surface area contributed by atoms with Gasteiger partial charge in [0.1, 0.15) is 5.82 Å². The minimum absolute atomic E-state index is 0.559. The zero-order valence-corrected chi connectivity index (χ0v) is 9.69. The average Bonchev–Trinajstić information content (AvgIpc) is 2.57. The predicted molar refractivity (Wildman–Crippen MR) is 62.3 cm³/mol. The van der Waals surface area contributed by atoms with Crippen molar-refractivity contribution in [3.63, 3.8) is 0 Å². The fourth-order valence-corrected chi connectivity index (χ4v) is 1.96. The molecule has 0 radical (unpaired) electrons.